The van der Waals surface area contributed by atoms with E-state index in [2.05, 4.69) is 50.0 Å². The highest BCUT2D eigenvalue weighted by molar-refractivity contribution is 5.55. The normalized spacial score (nSPS) is 12.7. The minimum absolute atomic E-state index is 0.0536. The average molecular weight is 294 g/mol. The summed E-state index contributed by atoms with van der Waals surface area (Å²) in [5.41, 5.74) is 3.17. The van der Waals surface area contributed by atoms with Crippen molar-refractivity contribution < 1.29 is 9.84 Å². The van der Waals surface area contributed by atoms with Gasteiger partial charge < -0.3 is 19.6 Å². The van der Waals surface area contributed by atoms with Crippen LogP contribution in [0.3, 0.4) is 0 Å². The molecule has 120 valence electrons. The molecule has 0 aliphatic heterocycles. The Labute approximate surface area is 129 Å². The fourth-order valence-electron chi connectivity index (χ4n) is 2.72. The molecule has 1 N–H and O–H groups in total. The molecule has 0 spiro atoms. The van der Waals surface area contributed by atoms with Crippen LogP contribution in [0.4, 0.5) is 5.69 Å². The first kappa shape index (κ1) is 18.0. The maximum Gasteiger partial charge on any atom is 0.0713 e. The molecule has 0 radical (unpaired) electrons. The Balaban J connectivity index is 2.99. The number of benzene rings is 1. The molecule has 1 atom stereocenters. The van der Waals surface area contributed by atoms with Crippen LogP contribution in [-0.2, 0) is 18.0 Å². The zero-order valence-corrected chi connectivity index (χ0v) is 14.1. The summed E-state index contributed by atoms with van der Waals surface area (Å²) in [6.45, 7) is 3.85. The van der Waals surface area contributed by atoms with Gasteiger partial charge in [0.05, 0.1) is 13.2 Å². The molecule has 0 bridgehead atoms. The van der Waals surface area contributed by atoms with E-state index in [-0.39, 0.29) is 6.61 Å². The number of methoxy groups -OCH3 is 1. The Hall–Kier alpha value is -1.10. The molecular formula is C17H30N2O2. The number of ether oxygens (including phenoxy) is 1. The van der Waals surface area contributed by atoms with Crippen molar-refractivity contribution in [2.24, 2.45) is 0 Å². The Morgan fingerprint density at radius 3 is 2.48 bits per heavy atom. The third-order valence-electron chi connectivity index (χ3n) is 3.75. The van der Waals surface area contributed by atoms with E-state index in [0.29, 0.717) is 12.6 Å². The summed E-state index contributed by atoms with van der Waals surface area (Å²) in [4.78, 5) is 4.51. The zero-order chi connectivity index (χ0) is 15.8. The number of nitrogens with zero attached hydrogens (tertiary/aromatic N) is 2. The molecule has 0 saturated heterocycles. The number of hydrogen-bond acceptors (Lipinski definition) is 4. The van der Waals surface area contributed by atoms with Gasteiger partial charge in [0.2, 0.25) is 0 Å². The number of anilines is 1. The van der Waals surface area contributed by atoms with Gasteiger partial charge in [0, 0.05) is 38.0 Å². The Morgan fingerprint density at radius 1 is 1.24 bits per heavy atom. The van der Waals surface area contributed by atoms with Gasteiger partial charge in [-0.2, -0.15) is 0 Å². The molecule has 0 heterocycles. The van der Waals surface area contributed by atoms with Crippen molar-refractivity contribution >= 4 is 5.69 Å². The van der Waals surface area contributed by atoms with Crippen molar-refractivity contribution in [2.75, 3.05) is 39.7 Å². The fourth-order valence-corrected chi connectivity index (χ4v) is 2.72. The van der Waals surface area contributed by atoms with Gasteiger partial charge in [0.1, 0.15) is 0 Å². The number of aliphatic hydroxyl groups is 1. The molecule has 21 heavy (non-hydrogen) atoms. The Morgan fingerprint density at radius 2 is 1.95 bits per heavy atom. The van der Waals surface area contributed by atoms with E-state index in [1.807, 2.05) is 6.07 Å². The highest BCUT2D eigenvalue weighted by atomic mass is 16.5. The van der Waals surface area contributed by atoms with E-state index in [1.165, 1.54) is 0 Å². The number of aliphatic hydroxyl groups excluding tert-OH is 1. The van der Waals surface area contributed by atoms with E-state index < -0.39 is 0 Å². The SMILES string of the molecule is CCCC(CN(C)C)N(C)c1ccc(COC)cc1CO. The summed E-state index contributed by atoms with van der Waals surface area (Å²) in [6.07, 6.45) is 2.29. The first-order valence-corrected chi connectivity index (χ1v) is 7.62. The second-order valence-corrected chi connectivity index (χ2v) is 5.87. The lowest BCUT2D eigenvalue weighted by Crippen LogP contribution is -2.40. The third kappa shape index (κ3) is 5.30. The summed E-state index contributed by atoms with van der Waals surface area (Å²) in [7, 11) is 8.01. The average Bonchev–Trinajstić information content (AvgIpc) is 2.46. The molecule has 0 amide bonds. The molecule has 0 aliphatic rings. The maximum absolute atomic E-state index is 9.68. The number of rotatable bonds is 9. The van der Waals surface area contributed by atoms with E-state index >= 15 is 0 Å². The molecule has 1 unspecified atom stereocenters. The lowest BCUT2D eigenvalue weighted by molar-refractivity contribution is 0.184. The molecule has 0 aliphatic carbocycles. The standard InChI is InChI=1S/C17H30N2O2/c1-6-7-16(11-18(2)3)19(4)17-9-8-14(13-21-5)10-15(17)12-20/h8-10,16,20H,6-7,11-13H2,1-5H3. The third-order valence-corrected chi connectivity index (χ3v) is 3.75. The molecule has 4 heteroatoms. The van der Waals surface area contributed by atoms with Gasteiger partial charge in [-0.05, 0) is 38.2 Å². The van der Waals surface area contributed by atoms with E-state index in [0.717, 1.165) is 36.2 Å². The van der Waals surface area contributed by atoms with E-state index in [9.17, 15) is 5.11 Å². The summed E-state index contributed by atoms with van der Waals surface area (Å²) in [5.74, 6) is 0. The van der Waals surface area contributed by atoms with E-state index in [1.54, 1.807) is 7.11 Å². The van der Waals surface area contributed by atoms with Gasteiger partial charge in [-0.1, -0.05) is 19.4 Å². The van der Waals surface area contributed by atoms with Gasteiger partial charge in [0.15, 0.2) is 0 Å². The maximum atomic E-state index is 9.68. The van der Waals surface area contributed by atoms with Crippen molar-refractivity contribution in [3.05, 3.63) is 29.3 Å². The topological polar surface area (TPSA) is 35.9 Å². The largest absolute Gasteiger partial charge is 0.392 e. The second kappa shape index (κ2) is 9.03. The summed E-state index contributed by atoms with van der Waals surface area (Å²) >= 11 is 0. The molecule has 0 fully saturated rings. The van der Waals surface area contributed by atoms with Crippen LogP contribution in [0.2, 0.25) is 0 Å². The summed E-state index contributed by atoms with van der Waals surface area (Å²) < 4.78 is 5.16. The lowest BCUT2D eigenvalue weighted by atomic mass is 10.0. The molecule has 1 aromatic carbocycles. The van der Waals surface area contributed by atoms with Crippen molar-refractivity contribution in [1.29, 1.82) is 0 Å². The summed E-state index contributed by atoms with van der Waals surface area (Å²) in [5, 5.41) is 9.68. The number of likely N-dealkylation sites (N-methyl/N-ethyl adjacent to an activating group) is 2. The van der Waals surface area contributed by atoms with Gasteiger partial charge in [-0.3, -0.25) is 0 Å². The van der Waals surface area contributed by atoms with Crippen molar-refractivity contribution in [1.82, 2.24) is 4.90 Å². The van der Waals surface area contributed by atoms with Crippen molar-refractivity contribution in [3.63, 3.8) is 0 Å². The first-order valence-electron chi connectivity index (χ1n) is 7.62. The van der Waals surface area contributed by atoms with Crippen LogP contribution in [0.25, 0.3) is 0 Å². The highest BCUT2D eigenvalue weighted by Gasteiger charge is 2.18. The van der Waals surface area contributed by atoms with Gasteiger partial charge in [0.25, 0.3) is 0 Å². The van der Waals surface area contributed by atoms with Gasteiger partial charge in [-0.25, -0.2) is 0 Å². The van der Waals surface area contributed by atoms with Crippen LogP contribution in [-0.4, -0.2) is 50.8 Å². The van der Waals surface area contributed by atoms with Crippen LogP contribution < -0.4 is 4.90 Å². The predicted molar refractivity (Wildman–Crippen MR) is 88.7 cm³/mol. The van der Waals surface area contributed by atoms with Gasteiger partial charge >= 0.3 is 0 Å². The molecule has 1 aromatic rings. The molecule has 0 aromatic heterocycles. The zero-order valence-electron chi connectivity index (χ0n) is 14.1. The quantitative estimate of drug-likeness (QED) is 0.759. The Bertz CT molecular complexity index is 421. The summed E-state index contributed by atoms with van der Waals surface area (Å²) in [6, 6.07) is 6.66. The van der Waals surface area contributed by atoms with Gasteiger partial charge in [-0.15, -0.1) is 0 Å². The van der Waals surface area contributed by atoms with Crippen LogP contribution in [0.15, 0.2) is 18.2 Å². The van der Waals surface area contributed by atoms with Crippen molar-refractivity contribution in [3.8, 4) is 0 Å². The van der Waals surface area contributed by atoms with Crippen LogP contribution in [0.1, 0.15) is 30.9 Å². The molecule has 1 rings (SSSR count). The molecule has 4 nitrogen and oxygen atoms in total. The predicted octanol–water partition coefficient (Wildman–Crippen LogP) is 2.49. The van der Waals surface area contributed by atoms with E-state index in [4.69, 9.17) is 4.74 Å². The number of hydrogen-bond donors (Lipinski definition) is 1. The minimum Gasteiger partial charge on any atom is -0.392 e. The van der Waals surface area contributed by atoms with Crippen molar-refractivity contribution in [2.45, 2.75) is 39.0 Å². The second-order valence-electron chi connectivity index (χ2n) is 5.87. The van der Waals surface area contributed by atoms with Crippen LogP contribution in [0, 0.1) is 0 Å². The smallest absolute Gasteiger partial charge is 0.0713 e. The monoisotopic (exact) mass is 294 g/mol. The molecule has 0 saturated carbocycles. The molecular weight excluding hydrogens is 264 g/mol. The van der Waals surface area contributed by atoms with Crippen LogP contribution in [0.5, 0.6) is 0 Å². The highest BCUT2D eigenvalue weighted by Crippen LogP contribution is 2.25. The minimum atomic E-state index is 0.0536. The lowest BCUT2D eigenvalue weighted by Gasteiger charge is -2.33. The Kier molecular flexibility index (Phi) is 7.72. The first-order chi connectivity index (χ1) is 10.0. The fraction of sp³-hybridized carbons (Fsp3) is 0.647. The van der Waals surface area contributed by atoms with Crippen LogP contribution >= 0.6 is 0 Å².